The van der Waals surface area contributed by atoms with E-state index >= 15 is 0 Å². The molecule has 0 bridgehead atoms. The SMILES string of the molecule is COC1CCCC1Nc1ccc([N+](=O)[O-])c(I)c1. The van der Waals surface area contributed by atoms with Gasteiger partial charge in [0.15, 0.2) is 0 Å². The Morgan fingerprint density at radius 2 is 2.28 bits per heavy atom. The number of nitro groups is 1. The van der Waals surface area contributed by atoms with Crippen molar-refractivity contribution < 1.29 is 9.66 Å². The average molecular weight is 362 g/mol. The lowest BCUT2D eigenvalue weighted by Gasteiger charge is -2.20. The fraction of sp³-hybridized carbons (Fsp3) is 0.500. The predicted molar refractivity (Wildman–Crippen MR) is 77.9 cm³/mol. The smallest absolute Gasteiger partial charge is 0.282 e. The van der Waals surface area contributed by atoms with Crippen LogP contribution in [0, 0.1) is 13.7 Å². The first-order valence-electron chi connectivity index (χ1n) is 5.85. The van der Waals surface area contributed by atoms with Crippen molar-refractivity contribution in [1.29, 1.82) is 0 Å². The molecule has 1 aromatic carbocycles. The third kappa shape index (κ3) is 2.92. The molecule has 0 amide bonds. The Kier molecular flexibility index (Phi) is 4.39. The second-order valence-electron chi connectivity index (χ2n) is 4.38. The Balaban J connectivity index is 2.10. The minimum Gasteiger partial charge on any atom is -0.380 e. The summed E-state index contributed by atoms with van der Waals surface area (Å²) in [6.45, 7) is 0. The van der Waals surface area contributed by atoms with Crippen molar-refractivity contribution in [3.63, 3.8) is 0 Å². The molecule has 5 nitrogen and oxygen atoms in total. The molecule has 1 aliphatic carbocycles. The highest BCUT2D eigenvalue weighted by molar-refractivity contribution is 14.1. The van der Waals surface area contributed by atoms with Gasteiger partial charge in [0.1, 0.15) is 0 Å². The molecule has 0 aromatic heterocycles. The summed E-state index contributed by atoms with van der Waals surface area (Å²) < 4.78 is 6.06. The van der Waals surface area contributed by atoms with Crippen molar-refractivity contribution in [2.75, 3.05) is 12.4 Å². The highest BCUT2D eigenvalue weighted by atomic mass is 127. The van der Waals surface area contributed by atoms with Crippen LogP contribution < -0.4 is 5.32 Å². The standard InChI is InChI=1S/C12H15IN2O3/c1-18-12-4-2-3-10(12)14-8-5-6-11(15(16)17)9(13)7-8/h5-7,10,12,14H,2-4H2,1H3. The van der Waals surface area contributed by atoms with E-state index in [1.165, 1.54) is 0 Å². The van der Waals surface area contributed by atoms with Crippen molar-refractivity contribution in [3.05, 3.63) is 31.9 Å². The number of hydrogen-bond donors (Lipinski definition) is 1. The van der Waals surface area contributed by atoms with Gasteiger partial charge in [-0.2, -0.15) is 0 Å². The highest BCUT2D eigenvalue weighted by Crippen LogP contribution is 2.28. The summed E-state index contributed by atoms with van der Waals surface area (Å²) in [4.78, 5) is 10.4. The van der Waals surface area contributed by atoms with Gasteiger partial charge in [0, 0.05) is 18.9 Å². The first-order valence-corrected chi connectivity index (χ1v) is 6.93. The molecule has 0 heterocycles. The van der Waals surface area contributed by atoms with E-state index in [0.29, 0.717) is 9.61 Å². The Labute approximate surface area is 119 Å². The van der Waals surface area contributed by atoms with Gasteiger partial charge < -0.3 is 10.1 Å². The lowest BCUT2D eigenvalue weighted by Crippen LogP contribution is -2.29. The van der Waals surface area contributed by atoms with Crippen LogP contribution in [0.4, 0.5) is 11.4 Å². The number of ether oxygens (including phenoxy) is 1. The number of anilines is 1. The summed E-state index contributed by atoms with van der Waals surface area (Å²) >= 11 is 1.99. The van der Waals surface area contributed by atoms with Crippen LogP contribution in [0.2, 0.25) is 0 Å². The molecule has 6 heteroatoms. The summed E-state index contributed by atoms with van der Waals surface area (Å²) in [5.74, 6) is 0. The second-order valence-corrected chi connectivity index (χ2v) is 5.54. The molecule has 1 saturated carbocycles. The number of rotatable bonds is 4. The molecule has 18 heavy (non-hydrogen) atoms. The van der Waals surface area contributed by atoms with E-state index in [1.807, 2.05) is 28.7 Å². The zero-order valence-corrected chi connectivity index (χ0v) is 12.2. The number of nitrogens with one attached hydrogen (secondary N) is 1. The summed E-state index contributed by atoms with van der Waals surface area (Å²) in [6.07, 6.45) is 3.53. The maximum absolute atomic E-state index is 10.7. The van der Waals surface area contributed by atoms with Crippen LogP contribution in [0.5, 0.6) is 0 Å². The molecule has 1 aliphatic rings. The lowest BCUT2D eigenvalue weighted by atomic mass is 10.2. The normalized spacial score (nSPS) is 23.0. The number of methoxy groups -OCH3 is 1. The first-order chi connectivity index (χ1) is 8.61. The van der Waals surface area contributed by atoms with Gasteiger partial charge in [-0.1, -0.05) is 0 Å². The van der Waals surface area contributed by atoms with E-state index in [9.17, 15) is 10.1 Å². The third-order valence-electron chi connectivity index (χ3n) is 3.25. The summed E-state index contributed by atoms with van der Waals surface area (Å²) in [6, 6.07) is 5.41. The highest BCUT2D eigenvalue weighted by Gasteiger charge is 2.27. The lowest BCUT2D eigenvalue weighted by molar-refractivity contribution is -0.385. The monoisotopic (exact) mass is 362 g/mol. The number of nitro benzene ring substituents is 1. The average Bonchev–Trinajstić information content (AvgIpc) is 2.76. The van der Waals surface area contributed by atoms with Crippen LogP contribution >= 0.6 is 22.6 Å². The Bertz CT molecular complexity index is 453. The molecule has 98 valence electrons. The molecule has 0 radical (unpaired) electrons. The third-order valence-corrected chi connectivity index (χ3v) is 4.12. The van der Waals surface area contributed by atoms with Crippen LogP contribution in [0.15, 0.2) is 18.2 Å². The molecule has 2 unspecified atom stereocenters. The van der Waals surface area contributed by atoms with E-state index in [4.69, 9.17) is 4.74 Å². The van der Waals surface area contributed by atoms with Gasteiger partial charge in [0.25, 0.3) is 5.69 Å². The maximum Gasteiger partial charge on any atom is 0.282 e. The molecule has 1 fully saturated rings. The zero-order valence-electron chi connectivity index (χ0n) is 10.1. The maximum atomic E-state index is 10.7. The topological polar surface area (TPSA) is 64.4 Å². The number of halogens is 1. The van der Waals surface area contributed by atoms with Crippen molar-refractivity contribution in [2.24, 2.45) is 0 Å². The van der Waals surface area contributed by atoms with Crippen LogP contribution in [0.1, 0.15) is 19.3 Å². The molecule has 2 rings (SSSR count). The van der Waals surface area contributed by atoms with Gasteiger partial charge in [-0.15, -0.1) is 0 Å². The van der Waals surface area contributed by atoms with Crippen LogP contribution in [0.3, 0.4) is 0 Å². The van der Waals surface area contributed by atoms with Crippen LogP contribution in [-0.2, 0) is 4.74 Å². The Morgan fingerprint density at radius 3 is 2.89 bits per heavy atom. The molecule has 0 spiro atoms. The quantitative estimate of drug-likeness (QED) is 0.508. The molecule has 2 atom stereocenters. The summed E-state index contributed by atoms with van der Waals surface area (Å²) in [7, 11) is 1.73. The molecule has 1 aromatic rings. The van der Waals surface area contributed by atoms with Crippen molar-refractivity contribution in [3.8, 4) is 0 Å². The van der Waals surface area contributed by atoms with Gasteiger partial charge >= 0.3 is 0 Å². The van der Waals surface area contributed by atoms with Gasteiger partial charge in [-0.05, 0) is 54.0 Å². The van der Waals surface area contributed by atoms with Gasteiger partial charge in [-0.25, -0.2) is 0 Å². The predicted octanol–water partition coefficient (Wildman–Crippen LogP) is 3.18. The van der Waals surface area contributed by atoms with E-state index in [1.54, 1.807) is 19.2 Å². The van der Waals surface area contributed by atoms with Crippen LogP contribution in [-0.4, -0.2) is 24.2 Å². The van der Waals surface area contributed by atoms with Gasteiger partial charge in [-0.3, -0.25) is 10.1 Å². The minimum atomic E-state index is -0.362. The first kappa shape index (κ1) is 13.5. The van der Waals surface area contributed by atoms with E-state index in [-0.39, 0.29) is 16.7 Å². The molecule has 0 saturated heterocycles. The molecular formula is C12H15IN2O3. The number of benzene rings is 1. The Morgan fingerprint density at radius 1 is 1.50 bits per heavy atom. The van der Waals surface area contributed by atoms with Crippen molar-refractivity contribution in [1.82, 2.24) is 0 Å². The van der Waals surface area contributed by atoms with Crippen molar-refractivity contribution in [2.45, 2.75) is 31.4 Å². The van der Waals surface area contributed by atoms with Crippen LogP contribution in [0.25, 0.3) is 0 Å². The summed E-state index contributed by atoms with van der Waals surface area (Å²) in [5, 5.41) is 14.1. The van der Waals surface area contributed by atoms with Gasteiger partial charge in [0.2, 0.25) is 0 Å². The minimum absolute atomic E-state index is 0.149. The fourth-order valence-electron chi connectivity index (χ4n) is 2.33. The van der Waals surface area contributed by atoms with Crippen molar-refractivity contribution >= 4 is 34.0 Å². The van der Waals surface area contributed by atoms with E-state index in [0.717, 1.165) is 24.9 Å². The molecular weight excluding hydrogens is 347 g/mol. The van der Waals surface area contributed by atoms with E-state index < -0.39 is 0 Å². The largest absolute Gasteiger partial charge is 0.380 e. The zero-order chi connectivity index (χ0) is 13.1. The number of hydrogen-bond acceptors (Lipinski definition) is 4. The molecule has 0 aliphatic heterocycles. The molecule has 1 N–H and O–H groups in total. The Hall–Kier alpha value is -0.890. The summed E-state index contributed by atoms with van der Waals surface area (Å²) in [5.41, 5.74) is 1.06. The van der Waals surface area contributed by atoms with E-state index in [2.05, 4.69) is 5.32 Å². The fourth-order valence-corrected chi connectivity index (χ4v) is 3.04. The van der Waals surface area contributed by atoms with Gasteiger partial charge in [0.05, 0.1) is 20.6 Å². The number of nitrogens with zero attached hydrogens (tertiary/aromatic N) is 1. The second kappa shape index (κ2) is 5.83.